The molecule has 0 amide bonds. The van der Waals surface area contributed by atoms with Crippen LogP contribution in [0.25, 0.3) is 0 Å². The van der Waals surface area contributed by atoms with Crippen LogP contribution in [-0.2, 0) is 9.47 Å². The molecule has 4 atom stereocenters. The second-order valence-electron chi connectivity index (χ2n) is 7.50. The molecule has 0 saturated carbocycles. The van der Waals surface area contributed by atoms with Crippen LogP contribution in [0.2, 0.25) is 0 Å². The Balaban J connectivity index is 1.60. The summed E-state index contributed by atoms with van der Waals surface area (Å²) in [5.74, 6) is 3.58. The monoisotopic (exact) mass is 400 g/mol. The number of hydrogen-bond donors (Lipinski definition) is 0. The molecule has 2 aliphatic heterocycles. The number of hydrogen-bond acceptors (Lipinski definition) is 6. The van der Waals surface area contributed by atoms with Crippen LogP contribution >= 0.6 is 0 Å². The molecule has 0 aromatic heterocycles. The third kappa shape index (κ3) is 3.40. The van der Waals surface area contributed by atoms with Crippen molar-refractivity contribution < 1.29 is 28.4 Å². The standard InChI is InChI=1S/C23H28O6/c1-13-19(25-3)9-15(10-20(13)26-4)23-17-12-28-22(16(17)11-29-23)14-6-7-18(24-2)21(8-14)27-5/h6-10,16-17,22-23H,11-12H2,1-5H3/t16-,17-,22-,23?/m0/s1. The van der Waals surface area contributed by atoms with Crippen LogP contribution in [0.4, 0.5) is 0 Å². The number of ether oxygens (including phenoxy) is 6. The molecule has 2 aromatic rings. The SMILES string of the molecule is COc1ccc([C@@H]2OC[C@@H]3C(c4cc(OC)c(C)c(OC)c4)OC[C@@H]32)cc1OC. The fraction of sp³-hybridized carbons (Fsp3) is 0.478. The van der Waals surface area contributed by atoms with Crippen LogP contribution in [0.15, 0.2) is 30.3 Å². The minimum atomic E-state index is -0.0476. The van der Waals surface area contributed by atoms with Gasteiger partial charge >= 0.3 is 0 Å². The fourth-order valence-electron chi connectivity index (χ4n) is 4.54. The van der Waals surface area contributed by atoms with Crippen molar-refractivity contribution in [1.82, 2.24) is 0 Å². The number of fused-ring (bicyclic) bond motifs is 1. The molecule has 2 saturated heterocycles. The lowest BCUT2D eigenvalue weighted by atomic mass is 9.84. The Labute approximate surface area is 171 Å². The highest BCUT2D eigenvalue weighted by Crippen LogP contribution is 2.51. The molecular weight excluding hydrogens is 372 g/mol. The van der Waals surface area contributed by atoms with Crippen molar-refractivity contribution >= 4 is 0 Å². The van der Waals surface area contributed by atoms with Gasteiger partial charge in [0.1, 0.15) is 11.5 Å². The summed E-state index contributed by atoms with van der Waals surface area (Å²) in [7, 11) is 6.64. The molecule has 1 unspecified atom stereocenters. The maximum atomic E-state index is 6.25. The van der Waals surface area contributed by atoms with E-state index >= 15 is 0 Å². The Kier molecular flexibility index (Phi) is 5.56. The molecule has 0 radical (unpaired) electrons. The first-order valence-electron chi connectivity index (χ1n) is 9.78. The topological polar surface area (TPSA) is 55.4 Å². The maximum absolute atomic E-state index is 6.25. The molecule has 156 valence electrons. The van der Waals surface area contributed by atoms with Gasteiger partial charge in [-0.25, -0.2) is 0 Å². The van der Waals surface area contributed by atoms with Gasteiger partial charge in [-0.15, -0.1) is 0 Å². The molecule has 4 rings (SSSR count). The highest BCUT2D eigenvalue weighted by Gasteiger charge is 2.48. The second-order valence-corrected chi connectivity index (χ2v) is 7.50. The van der Waals surface area contributed by atoms with Gasteiger partial charge < -0.3 is 28.4 Å². The summed E-state index contributed by atoms with van der Waals surface area (Å²) in [6.07, 6.45) is -0.0763. The van der Waals surface area contributed by atoms with Gasteiger partial charge in [-0.2, -0.15) is 0 Å². The molecule has 0 aliphatic carbocycles. The summed E-state index contributed by atoms with van der Waals surface area (Å²) in [6.45, 7) is 3.28. The van der Waals surface area contributed by atoms with Crippen LogP contribution in [0.3, 0.4) is 0 Å². The van der Waals surface area contributed by atoms with Crippen molar-refractivity contribution in [3.8, 4) is 23.0 Å². The molecule has 29 heavy (non-hydrogen) atoms. The Bertz CT molecular complexity index is 855. The molecule has 0 bridgehead atoms. The average molecular weight is 400 g/mol. The summed E-state index contributed by atoms with van der Waals surface area (Å²) >= 11 is 0. The highest BCUT2D eigenvalue weighted by molar-refractivity contribution is 5.48. The molecule has 2 aromatic carbocycles. The molecule has 6 nitrogen and oxygen atoms in total. The van der Waals surface area contributed by atoms with Crippen LogP contribution in [0, 0.1) is 18.8 Å². The zero-order chi connectivity index (χ0) is 20.5. The highest BCUT2D eigenvalue weighted by atomic mass is 16.5. The van der Waals surface area contributed by atoms with Crippen LogP contribution < -0.4 is 18.9 Å². The molecule has 2 heterocycles. The fourth-order valence-corrected chi connectivity index (χ4v) is 4.54. The third-order valence-corrected chi connectivity index (χ3v) is 6.10. The van der Waals surface area contributed by atoms with Crippen molar-refractivity contribution in [3.63, 3.8) is 0 Å². The summed E-state index contributed by atoms with van der Waals surface area (Å²) < 4.78 is 34.4. The van der Waals surface area contributed by atoms with Crippen LogP contribution in [0.5, 0.6) is 23.0 Å². The van der Waals surface area contributed by atoms with E-state index in [-0.39, 0.29) is 24.0 Å². The normalized spacial score (nSPS) is 25.6. The molecule has 0 N–H and O–H groups in total. The minimum absolute atomic E-state index is 0.0287. The Morgan fingerprint density at radius 2 is 1.14 bits per heavy atom. The van der Waals surface area contributed by atoms with Gasteiger partial charge in [0.05, 0.1) is 53.9 Å². The van der Waals surface area contributed by atoms with Crippen molar-refractivity contribution in [2.24, 2.45) is 11.8 Å². The van der Waals surface area contributed by atoms with E-state index in [2.05, 4.69) is 12.1 Å². The van der Waals surface area contributed by atoms with E-state index in [0.29, 0.717) is 24.7 Å². The summed E-state index contributed by atoms with van der Waals surface area (Å²) in [5, 5.41) is 0. The smallest absolute Gasteiger partial charge is 0.161 e. The lowest BCUT2D eigenvalue weighted by Crippen LogP contribution is -2.15. The van der Waals surface area contributed by atoms with Gasteiger partial charge in [0, 0.05) is 17.4 Å². The van der Waals surface area contributed by atoms with Gasteiger partial charge in [0.2, 0.25) is 0 Å². The Morgan fingerprint density at radius 1 is 0.655 bits per heavy atom. The van der Waals surface area contributed by atoms with Crippen molar-refractivity contribution in [1.29, 1.82) is 0 Å². The van der Waals surface area contributed by atoms with Crippen molar-refractivity contribution in [2.75, 3.05) is 41.7 Å². The average Bonchev–Trinajstić information content (AvgIpc) is 3.35. The van der Waals surface area contributed by atoms with Crippen LogP contribution in [-0.4, -0.2) is 41.7 Å². The third-order valence-electron chi connectivity index (χ3n) is 6.10. The molecule has 0 spiro atoms. The summed E-state index contributed by atoms with van der Waals surface area (Å²) in [5.41, 5.74) is 3.13. The van der Waals surface area contributed by atoms with E-state index in [1.807, 2.05) is 25.1 Å². The number of benzene rings is 2. The Morgan fingerprint density at radius 3 is 1.66 bits per heavy atom. The van der Waals surface area contributed by atoms with Gasteiger partial charge in [-0.1, -0.05) is 6.07 Å². The lowest BCUT2D eigenvalue weighted by Gasteiger charge is -2.20. The zero-order valence-electron chi connectivity index (χ0n) is 17.6. The van der Waals surface area contributed by atoms with E-state index in [9.17, 15) is 0 Å². The number of rotatable bonds is 6. The summed E-state index contributed by atoms with van der Waals surface area (Å²) in [4.78, 5) is 0. The molecule has 2 aliphatic rings. The molecule has 2 fully saturated rings. The van der Waals surface area contributed by atoms with Crippen molar-refractivity contribution in [2.45, 2.75) is 19.1 Å². The van der Waals surface area contributed by atoms with E-state index in [1.165, 1.54) is 0 Å². The predicted molar refractivity (Wildman–Crippen MR) is 108 cm³/mol. The molecular formula is C23H28O6. The van der Waals surface area contributed by atoms with Crippen molar-refractivity contribution in [3.05, 3.63) is 47.0 Å². The maximum Gasteiger partial charge on any atom is 0.161 e. The van der Waals surface area contributed by atoms with E-state index < -0.39 is 0 Å². The van der Waals surface area contributed by atoms with Gasteiger partial charge in [0.25, 0.3) is 0 Å². The minimum Gasteiger partial charge on any atom is -0.496 e. The molecule has 6 heteroatoms. The van der Waals surface area contributed by atoms with Gasteiger partial charge in [-0.3, -0.25) is 0 Å². The quantitative estimate of drug-likeness (QED) is 0.728. The Hall–Kier alpha value is -2.44. The zero-order valence-corrected chi connectivity index (χ0v) is 17.6. The van der Waals surface area contributed by atoms with Gasteiger partial charge in [0.15, 0.2) is 11.5 Å². The largest absolute Gasteiger partial charge is 0.496 e. The van der Waals surface area contributed by atoms with E-state index in [4.69, 9.17) is 28.4 Å². The predicted octanol–water partition coefficient (Wildman–Crippen LogP) is 4.10. The first kappa shape index (κ1) is 19.9. The first-order valence-corrected chi connectivity index (χ1v) is 9.78. The second kappa shape index (κ2) is 8.13. The summed E-state index contributed by atoms with van der Waals surface area (Å²) in [6, 6.07) is 10.1. The van der Waals surface area contributed by atoms with E-state index in [0.717, 1.165) is 28.2 Å². The number of methoxy groups -OCH3 is 4. The van der Waals surface area contributed by atoms with Crippen LogP contribution in [0.1, 0.15) is 28.9 Å². The first-order chi connectivity index (χ1) is 14.1. The van der Waals surface area contributed by atoms with E-state index in [1.54, 1.807) is 28.4 Å². The lowest BCUT2D eigenvalue weighted by molar-refractivity contribution is 0.0191. The van der Waals surface area contributed by atoms with Gasteiger partial charge in [-0.05, 0) is 42.3 Å².